The first-order valence-electron chi connectivity index (χ1n) is 8.59. The van der Waals surface area contributed by atoms with Crippen molar-refractivity contribution in [1.82, 2.24) is 4.90 Å². The van der Waals surface area contributed by atoms with Crippen LogP contribution < -0.4 is 0 Å². The summed E-state index contributed by atoms with van der Waals surface area (Å²) in [6.07, 6.45) is 4.14. The topological polar surface area (TPSA) is 48.0 Å². The number of amides is 1. The van der Waals surface area contributed by atoms with Gasteiger partial charge in [-0.15, -0.1) is 0 Å². The maximum Gasteiger partial charge on any atom is 0.410 e. The number of rotatable bonds is 7. The second-order valence-electron chi connectivity index (χ2n) is 7.65. The van der Waals surface area contributed by atoms with Crippen LogP contribution in [-0.2, 0) is 14.2 Å². The molecule has 2 aliphatic rings. The van der Waals surface area contributed by atoms with Crippen LogP contribution in [0.25, 0.3) is 0 Å². The molecule has 1 saturated heterocycles. The van der Waals surface area contributed by atoms with E-state index >= 15 is 0 Å². The van der Waals surface area contributed by atoms with Crippen molar-refractivity contribution < 1.29 is 19.0 Å². The van der Waals surface area contributed by atoms with Crippen molar-refractivity contribution >= 4 is 28.7 Å². The maximum atomic E-state index is 12.1. The van der Waals surface area contributed by atoms with Crippen molar-refractivity contribution in [2.75, 3.05) is 37.3 Å². The SMILES string of the molecule is CC(C)(C)OC(=O)N1CCC(CI)(OCCOCC2CC2)CC1. The van der Waals surface area contributed by atoms with Crippen LogP contribution in [0.5, 0.6) is 0 Å². The van der Waals surface area contributed by atoms with Gasteiger partial charge in [0.15, 0.2) is 0 Å². The van der Waals surface area contributed by atoms with Crippen LogP contribution in [0.3, 0.4) is 0 Å². The van der Waals surface area contributed by atoms with Gasteiger partial charge in [-0.3, -0.25) is 0 Å². The zero-order valence-corrected chi connectivity index (χ0v) is 16.8. The lowest BCUT2D eigenvalue weighted by Crippen LogP contribution is -2.50. The molecule has 0 radical (unpaired) electrons. The van der Waals surface area contributed by atoms with Gasteiger partial charge in [0, 0.05) is 24.1 Å². The highest BCUT2D eigenvalue weighted by molar-refractivity contribution is 14.1. The number of hydrogen-bond donors (Lipinski definition) is 0. The monoisotopic (exact) mass is 439 g/mol. The van der Waals surface area contributed by atoms with Crippen LogP contribution in [-0.4, -0.2) is 59.5 Å². The van der Waals surface area contributed by atoms with Crippen LogP contribution in [0.4, 0.5) is 4.79 Å². The number of nitrogens with zero attached hydrogens (tertiary/aromatic N) is 1. The average Bonchev–Trinajstić information content (AvgIpc) is 3.30. The number of halogens is 1. The van der Waals surface area contributed by atoms with Gasteiger partial charge < -0.3 is 19.1 Å². The summed E-state index contributed by atoms with van der Waals surface area (Å²) in [6, 6.07) is 0. The van der Waals surface area contributed by atoms with Crippen molar-refractivity contribution in [2.24, 2.45) is 5.92 Å². The van der Waals surface area contributed by atoms with E-state index in [0.717, 1.165) is 29.8 Å². The highest BCUT2D eigenvalue weighted by Gasteiger charge is 2.37. The Labute approximate surface area is 153 Å². The third-order valence-electron chi connectivity index (χ3n) is 4.26. The number of alkyl halides is 1. The molecule has 23 heavy (non-hydrogen) atoms. The number of carbonyl (C=O) groups is 1. The molecule has 0 atom stereocenters. The Bertz CT molecular complexity index is 385. The second-order valence-corrected chi connectivity index (χ2v) is 8.41. The van der Waals surface area contributed by atoms with Gasteiger partial charge in [0.2, 0.25) is 0 Å². The first-order valence-corrected chi connectivity index (χ1v) is 10.1. The Morgan fingerprint density at radius 3 is 2.39 bits per heavy atom. The van der Waals surface area contributed by atoms with E-state index < -0.39 is 5.60 Å². The van der Waals surface area contributed by atoms with Crippen LogP contribution in [0.15, 0.2) is 0 Å². The summed E-state index contributed by atoms with van der Waals surface area (Å²) in [7, 11) is 0. The summed E-state index contributed by atoms with van der Waals surface area (Å²) < 4.78 is 18.2. The summed E-state index contributed by atoms with van der Waals surface area (Å²) in [5, 5.41) is 0. The van der Waals surface area contributed by atoms with E-state index in [4.69, 9.17) is 14.2 Å². The molecule has 0 aromatic heterocycles. The fraction of sp³-hybridized carbons (Fsp3) is 0.941. The average molecular weight is 439 g/mol. The van der Waals surface area contributed by atoms with E-state index in [0.29, 0.717) is 26.3 Å². The predicted octanol–water partition coefficient (Wildman–Crippen LogP) is 3.63. The standard InChI is InChI=1S/C17H30INO4/c1-16(2,3)23-15(20)19-8-6-17(13-18,7-9-19)22-11-10-21-12-14-4-5-14/h14H,4-13H2,1-3H3. The van der Waals surface area contributed by atoms with Crippen LogP contribution >= 0.6 is 22.6 Å². The Kier molecular flexibility index (Phi) is 6.98. The van der Waals surface area contributed by atoms with E-state index in [1.54, 1.807) is 4.90 Å². The summed E-state index contributed by atoms with van der Waals surface area (Å²) in [4.78, 5) is 13.9. The van der Waals surface area contributed by atoms with Gasteiger partial charge in [-0.1, -0.05) is 22.6 Å². The molecule has 0 spiro atoms. The number of carbonyl (C=O) groups excluding carboxylic acids is 1. The molecule has 1 amide bonds. The van der Waals surface area contributed by atoms with E-state index in [1.807, 2.05) is 20.8 Å². The van der Waals surface area contributed by atoms with Gasteiger partial charge in [-0.05, 0) is 52.4 Å². The van der Waals surface area contributed by atoms with Crippen LogP contribution in [0, 0.1) is 5.92 Å². The van der Waals surface area contributed by atoms with Gasteiger partial charge >= 0.3 is 6.09 Å². The van der Waals surface area contributed by atoms with Crippen molar-refractivity contribution in [3.05, 3.63) is 0 Å². The van der Waals surface area contributed by atoms with Crippen molar-refractivity contribution in [3.63, 3.8) is 0 Å². The van der Waals surface area contributed by atoms with E-state index in [2.05, 4.69) is 22.6 Å². The second kappa shape index (κ2) is 8.34. The van der Waals surface area contributed by atoms with Gasteiger partial charge in [-0.25, -0.2) is 4.79 Å². The number of ether oxygens (including phenoxy) is 3. The molecule has 5 nitrogen and oxygen atoms in total. The molecule has 2 fully saturated rings. The molecule has 1 saturated carbocycles. The lowest BCUT2D eigenvalue weighted by molar-refractivity contribution is -0.0837. The minimum absolute atomic E-state index is 0.123. The van der Waals surface area contributed by atoms with Gasteiger partial charge in [0.05, 0.1) is 18.8 Å². The third kappa shape index (κ3) is 6.74. The highest BCUT2D eigenvalue weighted by Crippen LogP contribution is 2.30. The molecule has 1 aliphatic carbocycles. The Morgan fingerprint density at radius 1 is 1.22 bits per heavy atom. The maximum absolute atomic E-state index is 12.1. The first-order chi connectivity index (χ1) is 10.8. The third-order valence-corrected chi connectivity index (χ3v) is 5.65. The van der Waals surface area contributed by atoms with Crippen molar-refractivity contribution in [2.45, 2.75) is 57.7 Å². The quantitative estimate of drug-likeness (QED) is 0.345. The van der Waals surface area contributed by atoms with Gasteiger partial charge in [0.25, 0.3) is 0 Å². The molecule has 0 aromatic carbocycles. The molecular formula is C17H30INO4. The molecule has 0 bridgehead atoms. The fourth-order valence-electron chi connectivity index (χ4n) is 2.59. The zero-order chi connectivity index (χ0) is 16.9. The normalized spacial score (nSPS) is 21.3. The van der Waals surface area contributed by atoms with E-state index in [1.165, 1.54) is 12.8 Å². The number of likely N-dealkylation sites (tertiary alicyclic amines) is 1. The molecule has 0 N–H and O–H groups in total. The molecule has 134 valence electrons. The summed E-state index contributed by atoms with van der Waals surface area (Å²) in [6.45, 7) is 9.28. The zero-order valence-electron chi connectivity index (χ0n) is 14.6. The van der Waals surface area contributed by atoms with Gasteiger partial charge in [-0.2, -0.15) is 0 Å². The fourth-order valence-corrected chi connectivity index (χ4v) is 3.57. The molecule has 0 aromatic rings. The predicted molar refractivity (Wildman–Crippen MR) is 98.2 cm³/mol. The molecule has 6 heteroatoms. The Morgan fingerprint density at radius 2 is 1.87 bits per heavy atom. The molecule has 0 unspecified atom stereocenters. The first kappa shape index (κ1) is 19.2. The smallest absolute Gasteiger partial charge is 0.410 e. The minimum Gasteiger partial charge on any atom is -0.444 e. The lowest BCUT2D eigenvalue weighted by Gasteiger charge is -2.40. The molecule has 2 rings (SSSR count). The van der Waals surface area contributed by atoms with Crippen LogP contribution in [0.2, 0.25) is 0 Å². The van der Waals surface area contributed by atoms with Crippen LogP contribution in [0.1, 0.15) is 46.5 Å². The number of hydrogen-bond acceptors (Lipinski definition) is 4. The Hall–Kier alpha value is -0.0800. The van der Waals surface area contributed by atoms with E-state index in [-0.39, 0.29) is 11.7 Å². The molecular weight excluding hydrogens is 409 g/mol. The minimum atomic E-state index is -0.440. The Balaban J connectivity index is 1.69. The summed E-state index contributed by atoms with van der Waals surface area (Å²) in [5.74, 6) is 0.797. The number of piperidine rings is 1. The largest absolute Gasteiger partial charge is 0.444 e. The molecule has 1 aliphatic heterocycles. The van der Waals surface area contributed by atoms with Crippen molar-refractivity contribution in [1.29, 1.82) is 0 Å². The summed E-state index contributed by atoms with van der Waals surface area (Å²) in [5.41, 5.74) is -0.563. The van der Waals surface area contributed by atoms with Gasteiger partial charge in [0.1, 0.15) is 5.60 Å². The van der Waals surface area contributed by atoms with Crippen molar-refractivity contribution in [3.8, 4) is 0 Å². The highest BCUT2D eigenvalue weighted by atomic mass is 127. The molecule has 1 heterocycles. The van der Waals surface area contributed by atoms with E-state index in [9.17, 15) is 4.79 Å². The lowest BCUT2D eigenvalue weighted by atomic mass is 9.93. The summed E-state index contributed by atoms with van der Waals surface area (Å²) >= 11 is 2.39.